The number of rotatable bonds is 6. The number of nitrogens with one attached hydrogen (secondary N) is 1. The normalized spacial score (nSPS) is 31.9. The fourth-order valence-corrected chi connectivity index (χ4v) is 4.20. The molecule has 118 valence electrons. The SMILES string of the molecule is CCOC1(C(NN)C2CCC(CC)CC2)CCOCC1. The first-order chi connectivity index (χ1) is 9.75. The lowest BCUT2D eigenvalue weighted by Crippen LogP contribution is -2.61. The predicted octanol–water partition coefficient (Wildman–Crippen LogP) is 2.62. The Kier molecular flexibility index (Phi) is 6.27. The van der Waals surface area contributed by atoms with E-state index < -0.39 is 0 Å². The first-order valence-corrected chi connectivity index (χ1v) is 8.43. The minimum atomic E-state index is -0.120. The van der Waals surface area contributed by atoms with E-state index in [1.54, 1.807) is 0 Å². The van der Waals surface area contributed by atoms with Crippen LogP contribution in [0.4, 0.5) is 0 Å². The van der Waals surface area contributed by atoms with E-state index in [2.05, 4.69) is 19.3 Å². The van der Waals surface area contributed by atoms with Gasteiger partial charge in [-0.25, -0.2) is 0 Å². The van der Waals surface area contributed by atoms with Crippen molar-refractivity contribution in [2.75, 3.05) is 19.8 Å². The molecule has 0 radical (unpaired) electrons. The highest BCUT2D eigenvalue weighted by atomic mass is 16.5. The standard InChI is InChI=1S/C16H32N2O2/c1-3-13-5-7-14(8-6-13)15(18-17)16(20-4-2)9-11-19-12-10-16/h13-15,18H,3-12,17H2,1-2H3. The van der Waals surface area contributed by atoms with E-state index in [1.807, 2.05) is 0 Å². The molecule has 1 aliphatic heterocycles. The van der Waals surface area contributed by atoms with Crippen LogP contribution in [0.25, 0.3) is 0 Å². The molecule has 3 N–H and O–H groups in total. The Morgan fingerprint density at radius 2 is 1.85 bits per heavy atom. The van der Waals surface area contributed by atoms with E-state index in [9.17, 15) is 0 Å². The van der Waals surface area contributed by atoms with Crippen LogP contribution in [-0.2, 0) is 9.47 Å². The Morgan fingerprint density at radius 3 is 2.35 bits per heavy atom. The summed E-state index contributed by atoms with van der Waals surface area (Å²) in [5.74, 6) is 7.51. The van der Waals surface area contributed by atoms with E-state index >= 15 is 0 Å². The second-order valence-electron chi connectivity index (χ2n) is 6.44. The molecule has 0 aromatic heterocycles. The summed E-state index contributed by atoms with van der Waals surface area (Å²) < 4.78 is 11.7. The fraction of sp³-hybridized carbons (Fsp3) is 1.00. The molecule has 20 heavy (non-hydrogen) atoms. The van der Waals surface area contributed by atoms with Crippen LogP contribution in [0.2, 0.25) is 0 Å². The van der Waals surface area contributed by atoms with Gasteiger partial charge in [-0.1, -0.05) is 26.2 Å². The molecule has 1 saturated heterocycles. The van der Waals surface area contributed by atoms with Crippen molar-refractivity contribution in [3.8, 4) is 0 Å². The van der Waals surface area contributed by atoms with Gasteiger partial charge in [0.25, 0.3) is 0 Å². The summed E-state index contributed by atoms with van der Waals surface area (Å²) in [5.41, 5.74) is 3.00. The molecule has 1 unspecified atom stereocenters. The topological polar surface area (TPSA) is 56.5 Å². The number of hydrogen-bond donors (Lipinski definition) is 2. The highest BCUT2D eigenvalue weighted by molar-refractivity contribution is 4.98. The van der Waals surface area contributed by atoms with Gasteiger partial charge < -0.3 is 9.47 Å². The predicted molar refractivity (Wildman–Crippen MR) is 81.3 cm³/mol. The Morgan fingerprint density at radius 1 is 1.20 bits per heavy atom. The van der Waals surface area contributed by atoms with Gasteiger partial charge in [0.05, 0.1) is 11.6 Å². The van der Waals surface area contributed by atoms with Crippen molar-refractivity contribution in [3.63, 3.8) is 0 Å². The van der Waals surface area contributed by atoms with Crippen LogP contribution in [-0.4, -0.2) is 31.5 Å². The van der Waals surface area contributed by atoms with Gasteiger partial charge in [-0.3, -0.25) is 11.3 Å². The lowest BCUT2D eigenvalue weighted by molar-refractivity contribution is -0.139. The molecule has 0 aromatic carbocycles. The van der Waals surface area contributed by atoms with Crippen molar-refractivity contribution in [2.45, 2.75) is 70.4 Å². The minimum absolute atomic E-state index is 0.120. The van der Waals surface area contributed by atoms with Crippen molar-refractivity contribution in [1.82, 2.24) is 5.43 Å². The molecule has 0 spiro atoms. The quantitative estimate of drug-likeness (QED) is 0.581. The number of nitrogens with two attached hydrogens (primary N) is 1. The van der Waals surface area contributed by atoms with Crippen molar-refractivity contribution in [2.24, 2.45) is 17.7 Å². The van der Waals surface area contributed by atoms with Crippen molar-refractivity contribution in [3.05, 3.63) is 0 Å². The molecule has 2 fully saturated rings. The monoisotopic (exact) mass is 284 g/mol. The largest absolute Gasteiger partial charge is 0.381 e. The highest BCUT2D eigenvalue weighted by Crippen LogP contribution is 2.39. The van der Waals surface area contributed by atoms with E-state index in [0.717, 1.165) is 38.6 Å². The van der Waals surface area contributed by atoms with Crippen LogP contribution in [0, 0.1) is 11.8 Å². The smallest absolute Gasteiger partial charge is 0.0894 e. The van der Waals surface area contributed by atoms with Crippen LogP contribution in [0.1, 0.15) is 58.8 Å². The van der Waals surface area contributed by atoms with Crippen LogP contribution in [0.5, 0.6) is 0 Å². The lowest BCUT2D eigenvalue weighted by Gasteiger charge is -2.47. The second-order valence-corrected chi connectivity index (χ2v) is 6.44. The fourth-order valence-electron chi connectivity index (χ4n) is 4.20. The maximum Gasteiger partial charge on any atom is 0.0894 e. The summed E-state index contributed by atoms with van der Waals surface area (Å²) >= 11 is 0. The average molecular weight is 284 g/mol. The third kappa shape index (κ3) is 3.53. The molecule has 0 aromatic rings. The zero-order valence-corrected chi connectivity index (χ0v) is 13.2. The molecule has 1 saturated carbocycles. The summed E-state index contributed by atoms with van der Waals surface area (Å²) in [6, 6.07) is 0.268. The Labute approximate surface area is 123 Å². The Balaban J connectivity index is 2.04. The molecule has 1 aliphatic carbocycles. The molecule has 2 aliphatic rings. The van der Waals surface area contributed by atoms with Gasteiger partial charge >= 0.3 is 0 Å². The molecule has 1 heterocycles. The van der Waals surface area contributed by atoms with E-state index in [1.165, 1.54) is 32.1 Å². The number of hydrazine groups is 1. The number of ether oxygens (including phenoxy) is 2. The van der Waals surface area contributed by atoms with Crippen molar-refractivity contribution < 1.29 is 9.47 Å². The van der Waals surface area contributed by atoms with Gasteiger partial charge in [0, 0.05) is 32.7 Å². The Bertz CT molecular complexity index is 266. The molecular formula is C16H32N2O2. The molecule has 0 amide bonds. The second kappa shape index (κ2) is 7.74. The summed E-state index contributed by atoms with van der Waals surface area (Å²) in [4.78, 5) is 0. The third-order valence-corrected chi connectivity index (χ3v) is 5.46. The summed E-state index contributed by atoms with van der Waals surface area (Å²) in [6.07, 6.45) is 8.49. The maximum absolute atomic E-state index is 6.21. The highest BCUT2D eigenvalue weighted by Gasteiger charge is 2.45. The van der Waals surface area contributed by atoms with Gasteiger partial charge in [0.2, 0.25) is 0 Å². The first-order valence-electron chi connectivity index (χ1n) is 8.43. The zero-order chi connectivity index (χ0) is 14.4. The minimum Gasteiger partial charge on any atom is -0.381 e. The zero-order valence-electron chi connectivity index (χ0n) is 13.2. The van der Waals surface area contributed by atoms with Gasteiger partial charge in [-0.2, -0.15) is 0 Å². The van der Waals surface area contributed by atoms with Crippen LogP contribution >= 0.6 is 0 Å². The van der Waals surface area contributed by atoms with E-state index in [0.29, 0.717) is 5.92 Å². The molecule has 1 atom stereocenters. The summed E-state index contributed by atoms with van der Waals surface area (Å²) in [6.45, 7) is 6.73. The van der Waals surface area contributed by atoms with Crippen molar-refractivity contribution in [1.29, 1.82) is 0 Å². The molecular weight excluding hydrogens is 252 g/mol. The van der Waals surface area contributed by atoms with Crippen LogP contribution in [0.15, 0.2) is 0 Å². The Hall–Kier alpha value is -0.160. The third-order valence-electron chi connectivity index (χ3n) is 5.46. The van der Waals surface area contributed by atoms with Gasteiger partial charge in [0.15, 0.2) is 0 Å². The number of hydrogen-bond acceptors (Lipinski definition) is 4. The lowest BCUT2D eigenvalue weighted by atomic mass is 9.71. The van der Waals surface area contributed by atoms with Crippen LogP contribution in [0.3, 0.4) is 0 Å². The van der Waals surface area contributed by atoms with Gasteiger partial charge in [-0.05, 0) is 31.6 Å². The van der Waals surface area contributed by atoms with Gasteiger partial charge in [0.1, 0.15) is 0 Å². The average Bonchev–Trinajstić information content (AvgIpc) is 2.50. The van der Waals surface area contributed by atoms with E-state index in [4.69, 9.17) is 15.3 Å². The summed E-state index contributed by atoms with van der Waals surface area (Å²) in [5, 5.41) is 0. The van der Waals surface area contributed by atoms with Crippen LogP contribution < -0.4 is 11.3 Å². The molecule has 4 heteroatoms. The maximum atomic E-state index is 6.21. The first kappa shape index (κ1) is 16.2. The van der Waals surface area contributed by atoms with E-state index in [-0.39, 0.29) is 11.6 Å². The summed E-state index contributed by atoms with van der Waals surface area (Å²) in [7, 11) is 0. The van der Waals surface area contributed by atoms with Crippen molar-refractivity contribution >= 4 is 0 Å². The molecule has 0 bridgehead atoms. The molecule has 4 nitrogen and oxygen atoms in total. The molecule has 2 rings (SSSR count). The van der Waals surface area contributed by atoms with Gasteiger partial charge in [-0.15, -0.1) is 0 Å².